The Kier molecular flexibility index (Phi) is 6.24. The number of carbonyl (C=O) groups excluding carboxylic acids is 1. The molecular formula is C15H19BrN2O2. The molecule has 1 saturated heterocycles. The molecule has 4 nitrogen and oxygen atoms in total. The minimum atomic E-state index is -0.0545. The number of nitrogens with one attached hydrogen (secondary N) is 1. The van der Waals surface area contributed by atoms with Gasteiger partial charge in [-0.1, -0.05) is 28.1 Å². The Hall–Kier alpha value is -1.17. The van der Waals surface area contributed by atoms with E-state index in [9.17, 15) is 4.79 Å². The maximum atomic E-state index is 11.7. The summed E-state index contributed by atoms with van der Waals surface area (Å²) in [4.78, 5) is 14.0. The second-order valence-electron chi connectivity index (χ2n) is 4.63. The average molecular weight is 339 g/mol. The second-order valence-corrected chi connectivity index (χ2v) is 5.55. The van der Waals surface area contributed by atoms with Crippen LogP contribution in [0.25, 0.3) is 6.08 Å². The molecule has 1 heterocycles. The first-order chi connectivity index (χ1) is 9.74. The van der Waals surface area contributed by atoms with Crippen molar-refractivity contribution in [2.24, 2.45) is 0 Å². The number of hydrogen-bond donors (Lipinski definition) is 1. The molecule has 108 valence electrons. The summed E-state index contributed by atoms with van der Waals surface area (Å²) in [6, 6.07) is 7.83. The normalized spacial score (nSPS) is 16.4. The molecule has 0 radical (unpaired) electrons. The van der Waals surface area contributed by atoms with Gasteiger partial charge in [-0.3, -0.25) is 9.69 Å². The molecule has 20 heavy (non-hydrogen) atoms. The van der Waals surface area contributed by atoms with Gasteiger partial charge in [0.05, 0.1) is 13.2 Å². The fraction of sp³-hybridized carbons (Fsp3) is 0.400. The molecule has 0 aliphatic carbocycles. The average Bonchev–Trinajstić information content (AvgIpc) is 2.48. The van der Waals surface area contributed by atoms with E-state index in [4.69, 9.17) is 4.74 Å². The molecule has 1 aromatic rings. The minimum absolute atomic E-state index is 0.0545. The van der Waals surface area contributed by atoms with Crippen molar-refractivity contribution in [1.29, 1.82) is 0 Å². The van der Waals surface area contributed by atoms with E-state index in [-0.39, 0.29) is 5.91 Å². The monoisotopic (exact) mass is 338 g/mol. The third kappa shape index (κ3) is 5.45. The van der Waals surface area contributed by atoms with Gasteiger partial charge in [0, 0.05) is 36.7 Å². The zero-order valence-corrected chi connectivity index (χ0v) is 12.9. The molecule has 0 atom stereocenters. The number of morpholine rings is 1. The van der Waals surface area contributed by atoms with Crippen LogP contribution in [0.3, 0.4) is 0 Å². The number of carbonyl (C=O) groups is 1. The first-order valence-electron chi connectivity index (χ1n) is 6.75. The van der Waals surface area contributed by atoms with Crippen LogP contribution in [0.1, 0.15) is 5.56 Å². The third-order valence-corrected chi connectivity index (χ3v) is 3.66. The number of nitrogens with zero attached hydrogens (tertiary/aromatic N) is 1. The molecule has 0 aromatic heterocycles. The van der Waals surface area contributed by atoms with Crippen LogP contribution < -0.4 is 5.32 Å². The summed E-state index contributed by atoms with van der Waals surface area (Å²) in [6.45, 7) is 5.02. The number of halogens is 1. The molecule has 0 spiro atoms. The highest BCUT2D eigenvalue weighted by Gasteiger charge is 2.09. The highest BCUT2D eigenvalue weighted by Crippen LogP contribution is 2.11. The molecular weight excluding hydrogens is 320 g/mol. The zero-order valence-electron chi connectivity index (χ0n) is 11.3. The lowest BCUT2D eigenvalue weighted by Gasteiger charge is -2.26. The fourth-order valence-electron chi connectivity index (χ4n) is 1.97. The Morgan fingerprint density at radius 1 is 1.30 bits per heavy atom. The summed E-state index contributed by atoms with van der Waals surface area (Å²) in [5.41, 5.74) is 1.01. The fourth-order valence-corrected chi connectivity index (χ4v) is 2.23. The molecule has 1 N–H and O–H groups in total. The van der Waals surface area contributed by atoms with Gasteiger partial charge < -0.3 is 10.1 Å². The van der Waals surface area contributed by atoms with Crippen LogP contribution in [0.4, 0.5) is 0 Å². The lowest BCUT2D eigenvalue weighted by molar-refractivity contribution is -0.116. The molecule has 1 aliphatic rings. The summed E-state index contributed by atoms with van der Waals surface area (Å²) in [5, 5.41) is 2.89. The summed E-state index contributed by atoms with van der Waals surface area (Å²) in [6.07, 6.45) is 3.39. The van der Waals surface area contributed by atoms with Crippen LogP contribution in [0.2, 0.25) is 0 Å². The van der Waals surface area contributed by atoms with Crippen molar-refractivity contribution in [2.45, 2.75) is 0 Å². The van der Waals surface area contributed by atoms with Crippen molar-refractivity contribution in [2.75, 3.05) is 39.4 Å². The first-order valence-corrected chi connectivity index (χ1v) is 7.55. The second kappa shape index (κ2) is 8.19. The molecule has 1 fully saturated rings. The van der Waals surface area contributed by atoms with Gasteiger partial charge in [0.1, 0.15) is 0 Å². The van der Waals surface area contributed by atoms with E-state index in [0.717, 1.165) is 42.9 Å². The van der Waals surface area contributed by atoms with Crippen molar-refractivity contribution in [3.63, 3.8) is 0 Å². The van der Waals surface area contributed by atoms with Crippen LogP contribution in [0.15, 0.2) is 34.8 Å². The number of amides is 1. The Morgan fingerprint density at radius 2 is 2.00 bits per heavy atom. The summed E-state index contributed by atoms with van der Waals surface area (Å²) < 4.78 is 6.31. The smallest absolute Gasteiger partial charge is 0.244 e. The highest BCUT2D eigenvalue weighted by atomic mass is 79.9. The van der Waals surface area contributed by atoms with Crippen molar-refractivity contribution in [3.05, 3.63) is 40.4 Å². The van der Waals surface area contributed by atoms with E-state index in [1.54, 1.807) is 6.08 Å². The predicted octanol–water partition coefficient (Wildman–Crippen LogP) is 1.91. The topological polar surface area (TPSA) is 41.6 Å². The maximum absolute atomic E-state index is 11.7. The summed E-state index contributed by atoms with van der Waals surface area (Å²) in [7, 11) is 0. The van der Waals surface area contributed by atoms with E-state index in [0.29, 0.717) is 6.54 Å². The number of rotatable bonds is 5. The first kappa shape index (κ1) is 15.2. The van der Waals surface area contributed by atoms with Crippen molar-refractivity contribution in [3.8, 4) is 0 Å². The van der Waals surface area contributed by atoms with Gasteiger partial charge in [-0.2, -0.15) is 0 Å². The maximum Gasteiger partial charge on any atom is 0.244 e. The number of ether oxygens (including phenoxy) is 1. The van der Waals surface area contributed by atoms with Gasteiger partial charge >= 0.3 is 0 Å². The van der Waals surface area contributed by atoms with Gasteiger partial charge in [-0.15, -0.1) is 0 Å². The summed E-state index contributed by atoms with van der Waals surface area (Å²) in [5.74, 6) is -0.0545. The molecule has 5 heteroatoms. The van der Waals surface area contributed by atoms with Crippen molar-refractivity contribution in [1.82, 2.24) is 10.2 Å². The molecule has 1 aliphatic heterocycles. The van der Waals surface area contributed by atoms with E-state index in [2.05, 4.69) is 26.1 Å². The van der Waals surface area contributed by atoms with E-state index in [1.165, 1.54) is 0 Å². The Labute approximate surface area is 127 Å². The SMILES string of the molecule is O=C(/C=C/c1ccc(Br)cc1)NCCN1CCOCC1. The Bertz CT molecular complexity index is 453. The number of benzene rings is 1. The van der Waals surface area contributed by atoms with Crippen LogP contribution in [-0.2, 0) is 9.53 Å². The van der Waals surface area contributed by atoms with E-state index in [1.807, 2.05) is 30.3 Å². The van der Waals surface area contributed by atoms with Gasteiger partial charge in [-0.05, 0) is 23.8 Å². The third-order valence-electron chi connectivity index (χ3n) is 3.13. The van der Waals surface area contributed by atoms with Crippen LogP contribution in [0, 0.1) is 0 Å². The number of hydrogen-bond acceptors (Lipinski definition) is 3. The van der Waals surface area contributed by atoms with Gasteiger partial charge in [0.25, 0.3) is 0 Å². The van der Waals surface area contributed by atoms with Crippen LogP contribution in [0.5, 0.6) is 0 Å². The minimum Gasteiger partial charge on any atom is -0.379 e. The van der Waals surface area contributed by atoms with E-state index < -0.39 is 0 Å². The molecule has 0 bridgehead atoms. The molecule has 1 aromatic carbocycles. The molecule has 2 rings (SSSR count). The quantitative estimate of drug-likeness (QED) is 0.834. The highest BCUT2D eigenvalue weighted by molar-refractivity contribution is 9.10. The Morgan fingerprint density at radius 3 is 2.70 bits per heavy atom. The standard InChI is InChI=1S/C15H19BrN2O2/c16-14-4-1-13(2-5-14)3-6-15(19)17-7-8-18-9-11-20-12-10-18/h1-6H,7-12H2,(H,17,19)/b6-3+. The zero-order chi connectivity index (χ0) is 14.2. The lowest BCUT2D eigenvalue weighted by atomic mass is 10.2. The Balaban J connectivity index is 1.68. The largest absolute Gasteiger partial charge is 0.379 e. The van der Waals surface area contributed by atoms with Crippen molar-refractivity contribution < 1.29 is 9.53 Å². The summed E-state index contributed by atoms with van der Waals surface area (Å²) >= 11 is 3.38. The lowest BCUT2D eigenvalue weighted by Crippen LogP contribution is -2.41. The van der Waals surface area contributed by atoms with Crippen LogP contribution >= 0.6 is 15.9 Å². The van der Waals surface area contributed by atoms with E-state index >= 15 is 0 Å². The van der Waals surface area contributed by atoms with Gasteiger partial charge in [0.15, 0.2) is 0 Å². The molecule has 0 saturated carbocycles. The van der Waals surface area contributed by atoms with Gasteiger partial charge in [0.2, 0.25) is 5.91 Å². The molecule has 1 amide bonds. The molecule has 0 unspecified atom stereocenters. The van der Waals surface area contributed by atoms with Gasteiger partial charge in [-0.25, -0.2) is 0 Å². The predicted molar refractivity (Wildman–Crippen MR) is 83.4 cm³/mol. The van der Waals surface area contributed by atoms with Crippen molar-refractivity contribution >= 4 is 27.9 Å². The van der Waals surface area contributed by atoms with Crippen LogP contribution in [-0.4, -0.2) is 50.2 Å².